The van der Waals surface area contributed by atoms with Crippen molar-refractivity contribution in [3.8, 4) is 17.2 Å². The summed E-state index contributed by atoms with van der Waals surface area (Å²) in [5.41, 5.74) is 5.13. The molecular formula is C41H32N8O14S4. The van der Waals surface area contributed by atoms with Gasteiger partial charge in [0.2, 0.25) is 0 Å². The second-order valence-electron chi connectivity index (χ2n) is 13.9. The Morgan fingerprint density at radius 3 is 1.96 bits per heavy atom. The van der Waals surface area contributed by atoms with E-state index in [0.29, 0.717) is 96.6 Å². The first-order valence-electron chi connectivity index (χ1n) is 18.9. The van der Waals surface area contributed by atoms with Crippen LogP contribution in [0.2, 0.25) is 0 Å². The van der Waals surface area contributed by atoms with Gasteiger partial charge in [0.25, 0.3) is 10.1 Å². The lowest BCUT2D eigenvalue weighted by Crippen LogP contribution is -2.01. The lowest BCUT2D eigenvalue weighted by molar-refractivity contribution is -0.432. The molecule has 1 heterocycles. The van der Waals surface area contributed by atoms with Crippen LogP contribution in [-0.2, 0) is 38.2 Å². The van der Waals surface area contributed by atoms with Crippen molar-refractivity contribution in [1.82, 2.24) is 15.0 Å². The number of nitrogens with one attached hydrogen (secondary N) is 1. The predicted octanol–water partition coefficient (Wildman–Crippen LogP) is 12.2. The van der Waals surface area contributed by atoms with Crippen molar-refractivity contribution in [3.05, 3.63) is 114 Å². The largest absolute Gasteiger partial charge is 0.505 e. The molecule has 0 saturated heterocycles. The minimum atomic E-state index is -4.68. The van der Waals surface area contributed by atoms with Crippen LogP contribution in [0.3, 0.4) is 0 Å². The summed E-state index contributed by atoms with van der Waals surface area (Å²) >= 11 is 1.73. The van der Waals surface area contributed by atoms with Gasteiger partial charge in [-0.05, 0) is 127 Å². The molecule has 0 spiro atoms. The maximum atomic E-state index is 12.1. The summed E-state index contributed by atoms with van der Waals surface area (Å²) in [6.45, 7) is 3.59. The summed E-state index contributed by atoms with van der Waals surface area (Å²) in [5, 5.41) is 81.3. The molecule has 0 fully saturated rings. The molecule has 0 radical (unpaired) electrons. The van der Waals surface area contributed by atoms with E-state index >= 15 is 0 Å². The average molecular weight is 989 g/mol. The summed E-state index contributed by atoms with van der Waals surface area (Å²) in [5.74, 6) is 0.531. The third-order valence-corrected chi connectivity index (χ3v) is 12.5. The predicted molar refractivity (Wildman–Crippen MR) is 244 cm³/mol. The molecule has 0 aliphatic heterocycles. The standard InChI is InChI=1S/C41H32N8O14S4/c1-21-15-34(45-46-40-38(66-63-60-53)17-23-16-25(6-10-29(23)41(40)50)42-24-4-8-27(57-3)9-5-24)22(2)14-33(21)44-43-26-7-13-35(37(18-26)65-62-59-52)49-47-32-12-11-30-31(39(32)48-49)19-28(67(54,55)56)20-36(30)64-61-58-51/h4-20,42,50-53H,1-3H3,(H,54,55,56). The van der Waals surface area contributed by atoms with Gasteiger partial charge >= 0.3 is 0 Å². The van der Waals surface area contributed by atoms with E-state index in [0.717, 1.165) is 23.2 Å². The van der Waals surface area contributed by atoms with Gasteiger partial charge in [0, 0.05) is 32.4 Å². The molecule has 0 amide bonds. The zero-order valence-corrected chi connectivity index (χ0v) is 37.8. The quantitative estimate of drug-likeness (QED) is 0.0153. The molecule has 0 atom stereocenters. The van der Waals surface area contributed by atoms with Gasteiger partial charge in [0.05, 0.1) is 75.0 Å². The Kier molecular flexibility index (Phi) is 14.5. The van der Waals surface area contributed by atoms with Crippen LogP contribution in [0.15, 0.2) is 143 Å². The van der Waals surface area contributed by atoms with Gasteiger partial charge in [-0.1, -0.05) is 21.2 Å². The molecule has 6 N–H and O–H groups in total. The highest BCUT2D eigenvalue weighted by Gasteiger charge is 2.21. The first-order chi connectivity index (χ1) is 32.4. The molecular weight excluding hydrogens is 957 g/mol. The Morgan fingerprint density at radius 2 is 1.28 bits per heavy atom. The normalized spacial score (nSPS) is 12.1. The number of anilines is 2. The number of fused-ring (bicyclic) bond motifs is 4. The van der Waals surface area contributed by atoms with Crippen LogP contribution in [0.25, 0.3) is 38.3 Å². The lowest BCUT2D eigenvalue weighted by Gasteiger charge is -2.12. The van der Waals surface area contributed by atoms with E-state index in [-0.39, 0.29) is 32.1 Å². The highest BCUT2D eigenvalue weighted by molar-refractivity contribution is 7.95. The fourth-order valence-corrected chi connectivity index (χ4v) is 8.84. The van der Waals surface area contributed by atoms with E-state index < -0.39 is 15.0 Å². The van der Waals surface area contributed by atoms with Crippen molar-refractivity contribution < 1.29 is 66.7 Å². The van der Waals surface area contributed by atoms with Gasteiger partial charge in [-0.3, -0.25) is 4.55 Å². The van der Waals surface area contributed by atoms with E-state index in [1.807, 2.05) is 30.3 Å². The summed E-state index contributed by atoms with van der Waals surface area (Å²) in [6, 6.07) is 28.3. The average Bonchev–Trinajstić information content (AvgIpc) is 3.77. The number of phenolic OH excluding ortho intramolecular Hbond substituents is 1. The summed E-state index contributed by atoms with van der Waals surface area (Å²) in [7, 11) is -3.09. The maximum Gasteiger partial charge on any atom is 0.294 e. The molecule has 0 saturated carbocycles. The molecule has 8 rings (SSSR count). The number of phenols is 1. The van der Waals surface area contributed by atoms with Crippen LogP contribution in [0.5, 0.6) is 11.5 Å². The SMILES string of the molecule is COc1ccc(Nc2ccc3c(O)c(N=Nc4cc(C)c(N=Nc5ccc(-n6nc7ccc8c(SOOO)cc(S(=O)(=O)O)cc8c7n6)c(SOOO)c5)cc4C)c(SOOO)cc3c2)cc1. The summed E-state index contributed by atoms with van der Waals surface area (Å²) in [4.78, 5) is 1.53. The Balaban J connectivity index is 1.06. The smallest absolute Gasteiger partial charge is 0.294 e. The van der Waals surface area contributed by atoms with Crippen LogP contribution < -0.4 is 10.1 Å². The van der Waals surface area contributed by atoms with Gasteiger partial charge < -0.3 is 15.2 Å². The molecule has 0 aliphatic rings. The fourth-order valence-electron chi connectivity index (χ4n) is 6.68. The van der Waals surface area contributed by atoms with Crippen molar-refractivity contribution in [2.75, 3.05) is 12.4 Å². The number of ether oxygens (including phenoxy) is 1. The van der Waals surface area contributed by atoms with Crippen molar-refractivity contribution >= 4 is 113 Å². The Bertz CT molecular complexity index is 3330. The van der Waals surface area contributed by atoms with Crippen molar-refractivity contribution in [3.63, 3.8) is 0 Å². The number of aromatic hydroxyl groups is 1. The summed E-state index contributed by atoms with van der Waals surface area (Å²) < 4.78 is 53.4. The first kappa shape index (κ1) is 47.2. The minimum absolute atomic E-state index is 0.0603. The fraction of sp³-hybridized carbons (Fsp3) is 0.0732. The van der Waals surface area contributed by atoms with Crippen molar-refractivity contribution in [2.45, 2.75) is 33.4 Å². The van der Waals surface area contributed by atoms with Crippen LogP contribution in [0.4, 0.5) is 34.1 Å². The molecule has 0 bridgehead atoms. The van der Waals surface area contributed by atoms with E-state index in [2.05, 4.69) is 55.4 Å². The van der Waals surface area contributed by atoms with Gasteiger partial charge in [0.1, 0.15) is 28.2 Å². The highest BCUT2D eigenvalue weighted by Crippen LogP contribution is 2.45. The number of rotatable bonds is 18. The number of hydrogen-bond donors (Lipinski definition) is 6. The van der Waals surface area contributed by atoms with Crippen LogP contribution in [0, 0.1) is 13.8 Å². The molecule has 26 heteroatoms. The molecule has 0 unspecified atom stereocenters. The molecule has 8 aromatic rings. The second kappa shape index (κ2) is 20.7. The molecule has 67 heavy (non-hydrogen) atoms. The van der Waals surface area contributed by atoms with E-state index in [9.17, 15) is 18.1 Å². The van der Waals surface area contributed by atoms with Crippen LogP contribution >= 0.6 is 36.1 Å². The molecule has 22 nitrogen and oxygen atoms in total. The molecule has 7 aromatic carbocycles. The zero-order valence-electron chi connectivity index (χ0n) is 34.5. The third-order valence-electron chi connectivity index (χ3n) is 9.81. The van der Waals surface area contributed by atoms with Crippen molar-refractivity contribution in [1.29, 1.82) is 0 Å². The minimum Gasteiger partial charge on any atom is -0.505 e. The molecule has 344 valence electrons. The van der Waals surface area contributed by atoms with Crippen molar-refractivity contribution in [2.24, 2.45) is 20.5 Å². The highest BCUT2D eigenvalue weighted by atomic mass is 32.2. The lowest BCUT2D eigenvalue weighted by atomic mass is 10.1. The molecule has 1 aromatic heterocycles. The van der Waals surface area contributed by atoms with E-state index in [1.165, 1.54) is 10.9 Å². The van der Waals surface area contributed by atoms with Gasteiger partial charge in [-0.2, -0.15) is 23.8 Å². The number of aromatic nitrogens is 3. The van der Waals surface area contributed by atoms with Gasteiger partial charge in [0.15, 0.2) is 5.75 Å². The maximum absolute atomic E-state index is 12.1. The second-order valence-corrected chi connectivity index (χ2v) is 17.6. The monoisotopic (exact) mass is 988 g/mol. The van der Waals surface area contributed by atoms with E-state index in [4.69, 9.17) is 29.2 Å². The number of aryl methyl sites for hydroxylation is 2. The Labute approximate surface area is 390 Å². The van der Waals surface area contributed by atoms with Gasteiger partial charge in [-0.25, -0.2) is 15.8 Å². The number of methoxy groups -OCH3 is 1. The number of hydrogen-bond acceptors (Lipinski definition) is 23. The Morgan fingerprint density at radius 1 is 0.642 bits per heavy atom. The third kappa shape index (κ3) is 10.6. The molecule has 0 aliphatic carbocycles. The topological polar surface area (TPSA) is 292 Å². The van der Waals surface area contributed by atoms with Gasteiger partial charge in [-0.15, -0.1) is 33.1 Å². The Hall–Kier alpha value is -6.34. The van der Waals surface area contributed by atoms with E-state index in [1.54, 1.807) is 81.6 Å². The number of benzene rings is 7. The van der Waals surface area contributed by atoms with Crippen LogP contribution in [-0.4, -0.2) is 56.0 Å². The summed E-state index contributed by atoms with van der Waals surface area (Å²) in [6.07, 6.45) is 0. The number of azo groups is 2. The zero-order chi connectivity index (χ0) is 47.2. The number of nitrogens with zero attached hydrogens (tertiary/aromatic N) is 7. The van der Waals surface area contributed by atoms with Crippen LogP contribution in [0.1, 0.15) is 11.1 Å². The first-order valence-corrected chi connectivity index (χ1v) is 22.6.